The van der Waals surface area contributed by atoms with E-state index in [0.29, 0.717) is 18.5 Å². The molecule has 1 aliphatic rings. The number of halogens is 4. The number of rotatable bonds is 0. The third-order valence-corrected chi connectivity index (χ3v) is 2.78. The number of alkyl halides is 3. The highest BCUT2D eigenvalue weighted by Crippen LogP contribution is 2.34. The molecule has 0 amide bonds. The Bertz CT molecular complexity index is 390. The predicted octanol–water partition coefficient (Wildman–Crippen LogP) is 3.14. The minimum Gasteiger partial charge on any atom is -0.227 e. The van der Waals surface area contributed by atoms with Gasteiger partial charge in [0.2, 0.25) is 0 Å². The zero-order valence-electron chi connectivity index (χ0n) is 7.73. The molecule has 1 aromatic heterocycles. The van der Waals surface area contributed by atoms with Gasteiger partial charge in [0.25, 0.3) is 0 Å². The monoisotopic (exact) mass is 280 g/mol. The molecule has 0 bridgehead atoms. The van der Waals surface area contributed by atoms with E-state index >= 15 is 0 Å². The van der Waals surface area contributed by atoms with Gasteiger partial charge >= 0.3 is 6.18 Å². The second-order valence-electron chi connectivity index (χ2n) is 3.47. The maximum absolute atomic E-state index is 12.6. The maximum Gasteiger partial charge on any atom is 0.433 e. The molecular formula is C9H8BrF3N2. The molecule has 1 aliphatic carbocycles. The fourth-order valence-electron chi connectivity index (χ4n) is 1.80. The summed E-state index contributed by atoms with van der Waals surface area (Å²) in [5, 5.41) is 0. The number of hydrogen-bond donors (Lipinski definition) is 0. The molecule has 2 nitrogen and oxygen atoms in total. The van der Waals surface area contributed by atoms with Gasteiger partial charge in [-0.05, 0) is 41.6 Å². The smallest absolute Gasteiger partial charge is 0.227 e. The first-order valence-corrected chi connectivity index (χ1v) is 5.40. The summed E-state index contributed by atoms with van der Waals surface area (Å²) in [5.41, 5.74) is 0.0338. The summed E-state index contributed by atoms with van der Waals surface area (Å²) >= 11 is 2.91. The number of aromatic nitrogens is 2. The van der Waals surface area contributed by atoms with Crippen LogP contribution in [0.4, 0.5) is 13.2 Å². The molecule has 1 heterocycles. The Balaban J connectivity index is 2.58. The lowest BCUT2D eigenvalue weighted by molar-refractivity contribution is -0.142. The Morgan fingerprint density at radius 3 is 2.40 bits per heavy atom. The molecule has 0 saturated carbocycles. The fourth-order valence-corrected chi connectivity index (χ4v) is 2.19. The first-order chi connectivity index (χ1) is 6.98. The second kappa shape index (κ2) is 3.73. The summed E-state index contributed by atoms with van der Waals surface area (Å²) in [6.07, 6.45) is -1.67. The van der Waals surface area contributed by atoms with Crippen molar-refractivity contribution >= 4 is 15.9 Å². The molecule has 0 N–H and O–H groups in total. The molecule has 2 rings (SSSR count). The third kappa shape index (κ3) is 2.14. The van der Waals surface area contributed by atoms with E-state index in [0.717, 1.165) is 12.8 Å². The molecule has 0 fully saturated rings. The highest BCUT2D eigenvalue weighted by molar-refractivity contribution is 9.10. The summed E-state index contributed by atoms with van der Waals surface area (Å²) in [7, 11) is 0. The molecular weight excluding hydrogens is 273 g/mol. The lowest BCUT2D eigenvalue weighted by Gasteiger charge is -2.19. The van der Waals surface area contributed by atoms with Gasteiger partial charge in [-0.3, -0.25) is 0 Å². The van der Waals surface area contributed by atoms with Crippen LogP contribution in [0.5, 0.6) is 0 Å². The average Bonchev–Trinajstić information content (AvgIpc) is 2.15. The van der Waals surface area contributed by atoms with Crippen molar-refractivity contribution in [1.29, 1.82) is 0 Å². The van der Waals surface area contributed by atoms with E-state index in [1.807, 2.05) is 0 Å². The molecule has 0 spiro atoms. The molecule has 15 heavy (non-hydrogen) atoms. The van der Waals surface area contributed by atoms with E-state index in [-0.39, 0.29) is 10.3 Å². The second-order valence-corrected chi connectivity index (χ2v) is 4.18. The molecule has 0 radical (unpaired) electrons. The SMILES string of the molecule is FC(F)(F)c1nc(Br)nc2c1CCCC2. The molecule has 82 valence electrons. The quantitative estimate of drug-likeness (QED) is 0.683. The normalized spacial score (nSPS) is 16.3. The van der Waals surface area contributed by atoms with Crippen LogP contribution in [0.15, 0.2) is 4.73 Å². The number of hydrogen-bond acceptors (Lipinski definition) is 2. The van der Waals surface area contributed by atoms with Crippen LogP contribution in [-0.2, 0) is 19.0 Å². The van der Waals surface area contributed by atoms with Gasteiger partial charge in [-0.15, -0.1) is 0 Å². The largest absolute Gasteiger partial charge is 0.433 e. The predicted molar refractivity (Wildman–Crippen MR) is 51.4 cm³/mol. The Labute approximate surface area is 93.1 Å². The zero-order valence-corrected chi connectivity index (χ0v) is 9.32. The van der Waals surface area contributed by atoms with Crippen molar-refractivity contribution in [2.45, 2.75) is 31.9 Å². The van der Waals surface area contributed by atoms with Crippen molar-refractivity contribution in [2.75, 3.05) is 0 Å². The summed E-state index contributed by atoms with van der Waals surface area (Å²) in [6, 6.07) is 0. The van der Waals surface area contributed by atoms with Crippen molar-refractivity contribution in [3.8, 4) is 0 Å². The van der Waals surface area contributed by atoms with E-state index in [1.165, 1.54) is 0 Å². The minimum absolute atomic E-state index is 0.0236. The zero-order chi connectivity index (χ0) is 11.1. The third-order valence-electron chi connectivity index (χ3n) is 2.42. The summed E-state index contributed by atoms with van der Waals surface area (Å²) in [6.45, 7) is 0. The Hall–Kier alpha value is -0.650. The average molecular weight is 281 g/mol. The number of aryl methyl sites for hydroxylation is 1. The van der Waals surface area contributed by atoms with Gasteiger partial charge < -0.3 is 0 Å². The van der Waals surface area contributed by atoms with Crippen molar-refractivity contribution in [3.05, 3.63) is 21.7 Å². The van der Waals surface area contributed by atoms with Crippen LogP contribution in [0.3, 0.4) is 0 Å². The van der Waals surface area contributed by atoms with Crippen molar-refractivity contribution in [2.24, 2.45) is 0 Å². The van der Waals surface area contributed by atoms with Crippen LogP contribution in [0, 0.1) is 0 Å². The van der Waals surface area contributed by atoms with Gasteiger partial charge in [-0.25, -0.2) is 9.97 Å². The van der Waals surface area contributed by atoms with Crippen molar-refractivity contribution in [1.82, 2.24) is 9.97 Å². The standard InChI is InChI=1S/C9H8BrF3N2/c10-8-14-6-4-2-1-3-5(6)7(15-8)9(11,12)13/h1-4H2. The van der Waals surface area contributed by atoms with Gasteiger partial charge in [0.1, 0.15) is 0 Å². The molecule has 6 heteroatoms. The topological polar surface area (TPSA) is 25.8 Å². The van der Waals surface area contributed by atoms with E-state index in [4.69, 9.17) is 0 Å². The molecule has 1 aromatic rings. The number of fused-ring (bicyclic) bond motifs is 1. The van der Waals surface area contributed by atoms with Crippen LogP contribution in [0.25, 0.3) is 0 Å². The van der Waals surface area contributed by atoms with Gasteiger partial charge in [0.15, 0.2) is 10.4 Å². The van der Waals surface area contributed by atoms with Crippen molar-refractivity contribution in [3.63, 3.8) is 0 Å². The lowest BCUT2D eigenvalue weighted by atomic mass is 9.94. The summed E-state index contributed by atoms with van der Waals surface area (Å²) in [4.78, 5) is 7.43. The van der Waals surface area contributed by atoms with Crippen LogP contribution < -0.4 is 0 Å². The number of nitrogens with zero attached hydrogens (tertiary/aromatic N) is 2. The molecule has 0 atom stereocenters. The Morgan fingerprint density at radius 1 is 1.07 bits per heavy atom. The van der Waals surface area contributed by atoms with Gasteiger partial charge in [0, 0.05) is 11.3 Å². The van der Waals surface area contributed by atoms with Crippen LogP contribution in [-0.4, -0.2) is 9.97 Å². The molecule has 0 unspecified atom stereocenters. The highest BCUT2D eigenvalue weighted by atomic mass is 79.9. The van der Waals surface area contributed by atoms with Crippen LogP contribution in [0.2, 0.25) is 0 Å². The molecule has 0 saturated heterocycles. The van der Waals surface area contributed by atoms with E-state index < -0.39 is 11.9 Å². The Morgan fingerprint density at radius 2 is 1.73 bits per heavy atom. The fraction of sp³-hybridized carbons (Fsp3) is 0.556. The first-order valence-electron chi connectivity index (χ1n) is 4.61. The van der Waals surface area contributed by atoms with E-state index in [2.05, 4.69) is 25.9 Å². The van der Waals surface area contributed by atoms with E-state index in [1.54, 1.807) is 0 Å². The molecule has 0 aromatic carbocycles. The van der Waals surface area contributed by atoms with Gasteiger partial charge in [-0.2, -0.15) is 13.2 Å². The highest BCUT2D eigenvalue weighted by Gasteiger charge is 2.37. The molecule has 0 aliphatic heterocycles. The van der Waals surface area contributed by atoms with Gasteiger partial charge in [-0.1, -0.05) is 0 Å². The maximum atomic E-state index is 12.6. The van der Waals surface area contributed by atoms with Crippen LogP contribution >= 0.6 is 15.9 Å². The van der Waals surface area contributed by atoms with Crippen molar-refractivity contribution < 1.29 is 13.2 Å². The minimum atomic E-state index is -4.38. The Kier molecular flexibility index (Phi) is 2.70. The lowest BCUT2D eigenvalue weighted by Crippen LogP contribution is -2.18. The summed E-state index contributed by atoms with van der Waals surface area (Å²) < 4.78 is 38.0. The van der Waals surface area contributed by atoms with E-state index in [9.17, 15) is 13.2 Å². The van der Waals surface area contributed by atoms with Crippen LogP contribution in [0.1, 0.15) is 29.8 Å². The summed E-state index contributed by atoms with van der Waals surface area (Å²) in [5.74, 6) is 0. The van der Waals surface area contributed by atoms with Gasteiger partial charge in [0.05, 0.1) is 0 Å². The first kappa shape index (κ1) is 10.9.